The number of urea groups is 1. The van der Waals surface area contributed by atoms with Gasteiger partial charge >= 0.3 is 12.1 Å². The maximum Gasteiger partial charge on any atom is 0.319 e. The topological polar surface area (TPSA) is 90.9 Å². The zero-order valence-electron chi connectivity index (χ0n) is 12.5. The maximum atomic E-state index is 13.7. The van der Waals surface area contributed by atoms with E-state index in [1.807, 2.05) is 5.32 Å². The average molecular weight is 332 g/mol. The number of carbonyl (C=O) groups excluding carboxylic acids is 1. The Labute approximate surface area is 130 Å². The molecule has 2 amide bonds. The Hall–Kier alpha value is -2.34. The Morgan fingerprint density at radius 1 is 1.26 bits per heavy atom. The normalized spacial score (nSPS) is 14.5. The van der Waals surface area contributed by atoms with Crippen LogP contribution in [0.4, 0.5) is 28.0 Å². The summed E-state index contributed by atoms with van der Waals surface area (Å²) in [6.07, 6.45) is -1.46. The highest BCUT2D eigenvalue weighted by molar-refractivity contribution is 5.91. The predicted molar refractivity (Wildman–Crippen MR) is 76.1 cm³/mol. The van der Waals surface area contributed by atoms with Gasteiger partial charge in [0.1, 0.15) is 11.6 Å². The lowest BCUT2D eigenvalue weighted by Crippen LogP contribution is -2.61. The number of amides is 2. The monoisotopic (exact) mass is 332 g/mol. The van der Waals surface area contributed by atoms with Crippen LogP contribution in [-0.2, 0) is 0 Å². The number of rotatable bonds is 5. The first-order valence-electron chi connectivity index (χ1n) is 6.51. The largest absolute Gasteiger partial charge is 0.326 e. The van der Waals surface area contributed by atoms with Crippen molar-refractivity contribution in [3.63, 3.8) is 0 Å². The fraction of sp³-hybridized carbons (Fsp3) is 0.429. The zero-order chi connectivity index (χ0) is 17.9. The van der Waals surface area contributed by atoms with Gasteiger partial charge in [-0.25, -0.2) is 13.6 Å². The third kappa shape index (κ3) is 5.10. The number of hydrogen-bond donors (Lipinski definition) is 3. The summed E-state index contributed by atoms with van der Waals surface area (Å²) in [6, 6.07) is 2.58. The van der Waals surface area contributed by atoms with Crippen molar-refractivity contribution in [2.75, 3.05) is 5.32 Å². The molecule has 0 saturated carbocycles. The van der Waals surface area contributed by atoms with Gasteiger partial charge in [-0.1, -0.05) is 12.1 Å². The minimum atomic E-state index is -3.90. The van der Waals surface area contributed by atoms with Gasteiger partial charge in [0.15, 0.2) is 0 Å². The number of carbonyl (C=O) groups is 1. The van der Waals surface area contributed by atoms with Crippen molar-refractivity contribution in [3.05, 3.63) is 29.8 Å². The molecule has 0 aromatic heterocycles. The number of benzene rings is 1. The van der Waals surface area contributed by atoms with E-state index in [0.717, 1.165) is 6.92 Å². The van der Waals surface area contributed by atoms with Gasteiger partial charge in [-0.05, 0) is 19.1 Å². The molecule has 1 aromatic carbocycles. The minimum absolute atomic E-state index is 0.0637. The van der Waals surface area contributed by atoms with Crippen LogP contribution in [0.15, 0.2) is 24.3 Å². The number of alkyl halides is 4. The molecule has 0 fully saturated rings. The quantitative estimate of drug-likeness (QED) is 0.572. The summed E-state index contributed by atoms with van der Waals surface area (Å²) < 4.78 is 53.3. The van der Waals surface area contributed by atoms with E-state index in [4.69, 9.17) is 5.26 Å². The first kappa shape index (κ1) is 18.7. The molecule has 0 bridgehead atoms. The molecule has 0 aliphatic carbocycles. The van der Waals surface area contributed by atoms with E-state index in [-0.39, 0.29) is 11.3 Å². The van der Waals surface area contributed by atoms with Gasteiger partial charge in [-0.2, -0.15) is 14.0 Å². The fourth-order valence-corrected chi connectivity index (χ4v) is 1.87. The highest BCUT2D eigenvalue weighted by Crippen LogP contribution is 2.35. The van der Waals surface area contributed by atoms with Crippen LogP contribution < -0.4 is 16.4 Å². The number of nitrogens with two attached hydrogens (primary N) is 1. The standard InChI is InChI=1S/C14H16F4N4O/c1-12(13(2,15)16,8-14(17,18)20)22-11(23)21-10-6-4-3-5-9(10)7-19/h3-6H,8,20H2,1-2H3,(H2,21,22,23). The lowest BCUT2D eigenvalue weighted by molar-refractivity contribution is -0.111. The molecule has 23 heavy (non-hydrogen) atoms. The van der Waals surface area contributed by atoms with Crippen LogP contribution in [-0.4, -0.2) is 23.5 Å². The third-order valence-corrected chi connectivity index (χ3v) is 3.24. The molecule has 0 spiro atoms. The minimum Gasteiger partial charge on any atom is -0.326 e. The second-order valence-electron chi connectivity index (χ2n) is 5.39. The molecule has 5 nitrogen and oxygen atoms in total. The molecule has 0 heterocycles. The molecule has 126 valence electrons. The number of nitrogens with zero attached hydrogens (tertiary/aromatic N) is 1. The molecule has 1 unspecified atom stereocenters. The summed E-state index contributed by atoms with van der Waals surface area (Å²) in [5.74, 6) is -3.66. The summed E-state index contributed by atoms with van der Waals surface area (Å²) in [4.78, 5) is 11.9. The Morgan fingerprint density at radius 3 is 2.30 bits per heavy atom. The number of nitriles is 1. The second kappa shape index (κ2) is 6.42. The molecule has 1 rings (SSSR count). The number of halogens is 4. The van der Waals surface area contributed by atoms with Crippen LogP contribution >= 0.6 is 0 Å². The lowest BCUT2D eigenvalue weighted by atomic mass is 9.89. The number of hydrogen-bond acceptors (Lipinski definition) is 3. The van der Waals surface area contributed by atoms with Gasteiger partial charge in [-0.15, -0.1) is 0 Å². The van der Waals surface area contributed by atoms with Crippen LogP contribution in [0.25, 0.3) is 0 Å². The zero-order valence-corrected chi connectivity index (χ0v) is 12.5. The first-order valence-corrected chi connectivity index (χ1v) is 6.51. The highest BCUT2D eigenvalue weighted by Gasteiger charge is 2.52. The summed E-state index contributed by atoms with van der Waals surface area (Å²) >= 11 is 0. The molecule has 9 heteroatoms. The molecular formula is C14H16F4N4O. The summed E-state index contributed by atoms with van der Waals surface area (Å²) in [6.45, 7) is 1.17. The van der Waals surface area contributed by atoms with Crippen LogP contribution in [0.2, 0.25) is 0 Å². The van der Waals surface area contributed by atoms with Gasteiger partial charge < -0.3 is 10.6 Å². The maximum absolute atomic E-state index is 13.7. The van der Waals surface area contributed by atoms with Crippen molar-refractivity contribution in [1.29, 1.82) is 5.26 Å². The van der Waals surface area contributed by atoms with Gasteiger partial charge in [0.2, 0.25) is 0 Å². The molecule has 0 saturated heterocycles. The van der Waals surface area contributed by atoms with Crippen LogP contribution in [0.5, 0.6) is 0 Å². The van der Waals surface area contributed by atoms with Crippen LogP contribution in [0.1, 0.15) is 25.8 Å². The Balaban J connectivity index is 2.97. The Bertz CT molecular complexity index is 618. The smallest absolute Gasteiger partial charge is 0.319 e. The van der Waals surface area contributed by atoms with E-state index in [1.165, 1.54) is 18.2 Å². The molecule has 4 N–H and O–H groups in total. The van der Waals surface area contributed by atoms with Crippen molar-refractivity contribution in [1.82, 2.24) is 5.32 Å². The Kier molecular flexibility index (Phi) is 5.22. The van der Waals surface area contributed by atoms with Gasteiger partial charge in [0.05, 0.1) is 17.7 Å². The number of nitrogens with one attached hydrogen (secondary N) is 2. The highest BCUT2D eigenvalue weighted by atomic mass is 19.3. The molecule has 1 aromatic rings. The molecule has 1 atom stereocenters. The predicted octanol–water partition coefficient (Wildman–Crippen LogP) is 3.04. The molecule has 0 radical (unpaired) electrons. The SMILES string of the molecule is CC(F)(F)C(C)(CC(N)(F)F)NC(=O)Nc1ccccc1C#N. The van der Waals surface area contributed by atoms with Crippen molar-refractivity contribution in [2.45, 2.75) is 37.8 Å². The number of para-hydroxylation sites is 1. The summed E-state index contributed by atoms with van der Waals surface area (Å²) in [7, 11) is 0. The van der Waals surface area contributed by atoms with Crippen LogP contribution in [0.3, 0.4) is 0 Å². The average Bonchev–Trinajstić information content (AvgIpc) is 2.35. The second-order valence-corrected chi connectivity index (χ2v) is 5.39. The van der Waals surface area contributed by atoms with Gasteiger partial charge in [0.25, 0.3) is 5.92 Å². The Morgan fingerprint density at radius 2 is 1.83 bits per heavy atom. The van der Waals surface area contributed by atoms with E-state index in [2.05, 4.69) is 11.1 Å². The van der Waals surface area contributed by atoms with Crippen molar-refractivity contribution in [2.24, 2.45) is 5.73 Å². The van der Waals surface area contributed by atoms with Crippen molar-refractivity contribution in [3.8, 4) is 6.07 Å². The molecular weight excluding hydrogens is 316 g/mol. The van der Waals surface area contributed by atoms with Crippen molar-refractivity contribution >= 4 is 11.7 Å². The van der Waals surface area contributed by atoms with E-state index >= 15 is 0 Å². The summed E-state index contributed by atoms with van der Waals surface area (Å²) in [5.41, 5.74) is 2.08. The summed E-state index contributed by atoms with van der Waals surface area (Å²) in [5, 5.41) is 12.9. The van der Waals surface area contributed by atoms with Crippen LogP contribution in [0, 0.1) is 11.3 Å². The third-order valence-electron chi connectivity index (χ3n) is 3.24. The number of anilines is 1. The van der Waals surface area contributed by atoms with Crippen molar-refractivity contribution < 1.29 is 22.4 Å². The fourth-order valence-electron chi connectivity index (χ4n) is 1.87. The van der Waals surface area contributed by atoms with E-state index < -0.39 is 30.0 Å². The molecule has 0 aliphatic rings. The molecule has 0 aliphatic heterocycles. The van der Waals surface area contributed by atoms with E-state index in [0.29, 0.717) is 6.92 Å². The van der Waals surface area contributed by atoms with Gasteiger partial charge in [0, 0.05) is 6.92 Å². The first-order chi connectivity index (χ1) is 10.4. The lowest BCUT2D eigenvalue weighted by Gasteiger charge is -2.37. The van der Waals surface area contributed by atoms with E-state index in [1.54, 1.807) is 12.1 Å². The van der Waals surface area contributed by atoms with Gasteiger partial charge in [-0.3, -0.25) is 5.73 Å². The van der Waals surface area contributed by atoms with E-state index in [9.17, 15) is 22.4 Å².